The molecule has 2 aliphatic heterocycles. The van der Waals surface area contributed by atoms with Gasteiger partial charge in [0.05, 0.1) is 12.2 Å². The summed E-state index contributed by atoms with van der Waals surface area (Å²) in [6.07, 6.45) is 1.42. The van der Waals surface area contributed by atoms with Crippen LogP contribution in [0.4, 0.5) is 10.5 Å². The largest absolute Gasteiger partial charge is 0.361 e. The second-order valence-corrected chi connectivity index (χ2v) is 7.52. The van der Waals surface area contributed by atoms with Crippen molar-refractivity contribution in [3.8, 4) is 0 Å². The highest BCUT2D eigenvalue weighted by Gasteiger charge is 2.47. The van der Waals surface area contributed by atoms with Crippen LogP contribution in [0.15, 0.2) is 29.2 Å². The molecule has 1 saturated heterocycles. The predicted octanol–water partition coefficient (Wildman–Crippen LogP) is 1.74. The molecule has 0 radical (unpaired) electrons. The molecule has 0 spiro atoms. The van der Waals surface area contributed by atoms with Crippen molar-refractivity contribution in [2.45, 2.75) is 37.1 Å². The molecule has 25 heavy (non-hydrogen) atoms. The van der Waals surface area contributed by atoms with Gasteiger partial charge in [-0.3, -0.25) is 15.0 Å². The molecule has 1 fully saturated rings. The number of nitrogens with one attached hydrogen (secondary N) is 2. The van der Waals surface area contributed by atoms with Crippen LogP contribution in [0.5, 0.6) is 0 Å². The van der Waals surface area contributed by atoms with Gasteiger partial charge in [-0.25, -0.2) is 4.79 Å². The van der Waals surface area contributed by atoms with E-state index in [-0.39, 0.29) is 12.5 Å². The molecular formula is C17H22N4O3S. The number of imide groups is 1. The van der Waals surface area contributed by atoms with E-state index in [0.717, 1.165) is 34.3 Å². The Kier molecular flexibility index (Phi) is 4.89. The number of benzene rings is 1. The van der Waals surface area contributed by atoms with Crippen LogP contribution in [0, 0.1) is 0 Å². The first kappa shape index (κ1) is 17.6. The number of rotatable bonds is 4. The number of urea groups is 1. The lowest BCUT2D eigenvalue weighted by atomic mass is 10.00. The first-order valence-corrected chi connectivity index (χ1v) is 9.36. The van der Waals surface area contributed by atoms with Gasteiger partial charge < -0.3 is 10.2 Å². The van der Waals surface area contributed by atoms with Crippen LogP contribution in [0.2, 0.25) is 0 Å². The molecule has 2 N–H and O–H groups in total. The third kappa shape index (κ3) is 3.44. The molecule has 7 nitrogen and oxygen atoms in total. The summed E-state index contributed by atoms with van der Waals surface area (Å²) in [7, 11) is 0. The van der Waals surface area contributed by atoms with Gasteiger partial charge >= 0.3 is 6.03 Å². The fraction of sp³-hybridized carbons (Fsp3) is 0.471. The van der Waals surface area contributed by atoms with Gasteiger partial charge in [-0.15, -0.1) is 11.8 Å². The van der Waals surface area contributed by atoms with Crippen LogP contribution in [-0.4, -0.2) is 47.2 Å². The molecule has 0 aromatic heterocycles. The average Bonchev–Trinajstić information content (AvgIpc) is 2.75. The normalized spacial score (nSPS) is 23.1. The van der Waals surface area contributed by atoms with Gasteiger partial charge in [-0.05, 0) is 37.7 Å². The Morgan fingerprint density at radius 3 is 2.84 bits per heavy atom. The van der Waals surface area contributed by atoms with E-state index in [1.807, 2.05) is 36.1 Å². The van der Waals surface area contributed by atoms with Crippen LogP contribution in [0.3, 0.4) is 0 Å². The lowest BCUT2D eigenvalue weighted by Crippen LogP contribution is -2.51. The molecule has 2 heterocycles. The highest BCUT2D eigenvalue weighted by atomic mass is 32.2. The molecule has 2 aliphatic rings. The average molecular weight is 362 g/mol. The molecular weight excluding hydrogens is 340 g/mol. The van der Waals surface area contributed by atoms with Crippen molar-refractivity contribution in [1.82, 2.24) is 15.8 Å². The van der Waals surface area contributed by atoms with E-state index in [1.165, 1.54) is 0 Å². The molecule has 4 amide bonds. The summed E-state index contributed by atoms with van der Waals surface area (Å²) in [5.41, 5.74) is 2.50. The van der Waals surface area contributed by atoms with E-state index in [0.29, 0.717) is 6.42 Å². The summed E-state index contributed by atoms with van der Waals surface area (Å²) in [4.78, 5) is 39.9. The number of anilines is 1. The standard InChI is InChI=1S/C17H22N4O3S/c1-3-17(2)15(23)21(16(24)18-17)19-14(22)11-20-9-6-10-25-13-8-5-4-7-12(13)20/h4-5,7-8H,3,6,9-11H2,1-2H3,(H,18,24)(H,19,22)/t17-/m1/s1. The SMILES string of the molecule is CC[C@@]1(C)NC(=O)N(NC(=O)CN2CCCSc3ccccc32)C1=O. The minimum Gasteiger partial charge on any atom is -0.361 e. The molecule has 134 valence electrons. The summed E-state index contributed by atoms with van der Waals surface area (Å²) in [6.45, 7) is 4.32. The number of para-hydroxylation sites is 1. The molecule has 8 heteroatoms. The molecule has 0 saturated carbocycles. The van der Waals surface area contributed by atoms with E-state index in [4.69, 9.17) is 0 Å². The van der Waals surface area contributed by atoms with Crippen molar-refractivity contribution in [1.29, 1.82) is 0 Å². The fourth-order valence-electron chi connectivity index (χ4n) is 2.92. The lowest BCUT2D eigenvalue weighted by molar-refractivity contribution is -0.138. The van der Waals surface area contributed by atoms with E-state index in [1.54, 1.807) is 18.7 Å². The summed E-state index contributed by atoms with van der Waals surface area (Å²) in [5.74, 6) is 0.183. The van der Waals surface area contributed by atoms with Crippen LogP contribution in [0.1, 0.15) is 26.7 Å². The zero-order valence-electron chi connectivity index (χ0n) is 14.4. The minimum absolute atomic E-state index is 0.0947. The lowest BCUT2D eigenvalue weighted by Gasteiger charge is -2.25. The number of hydrazine groups is 1. The van der Waals surface area contributed by atoms with Crippen molar-refractivity contribution >= 4 is 35.3 Å². The van der Waals surface area contributed by atoms with Crippen molar-refractivity contribution in [2.75, 3.05) is 23.7 Å². The molecule has 1 aromatic carbocycles. The maximum atomic E-state index is 12.4. The second kappa shape index (κ2) is 6.95. The third-order valence-electron chi connectivity index (χ3n) is 4.57. The Morgan fingerprint density at radius 2 is 2.12 bits per heavy atom. The Bertz CT molecular complexity index is 711. The van der Waals surface area contributed by atoms with Gasteiger partial charge in [0.15, 0.2) is 0 Å². The maximum absolute atomic E-state index is 12.4. The van der Waals surface area contributed by atoms with Crippen LogP contribution in [-0.2, 0) is 9.59 Å². The van der Waals surface area contributed by atoms with Crippen molar-refractivity contribution < 1.29 is 14.4 Å². The first-order valence-electron chi connectivity index (χ1n) is 8.37. The Labute approximate surface area is 151 Å². The number of hydrogen-bond acceptors (Lipinski definition) is 5. The summed E-state index contributed by atoms with van der Waals surface area (Å²) >= 11 is 1.77. The Morgan fingerprint density at radius 1 is 1.36 bits per heavy atom. The van der Waals surface area contributed by atoms with Gasteiger partial charge in [-0.2, -0.15) is 5.01 Å². The van der Waals surface area contributed by atoms with Crippen molar-refractivity contribution in [3.05, 3.63) is 24.3 Å². The monoisotopic (exact) mass is 362 g/mol. The van der Waals surface area contributed by atoms with E-state index in [2.05, 4.69) is 10.7 Å². The fourth-order valence-corrected chi connectivity index (χ4v) is 3.93. The van der Waals surface area contributed by atoms with Crippen molar-refractivity contribution in [3.63, 3.8) is 0 Å². The van der Waals surface area contributed by atoms with Gasteiger partial charge in [0.25, 0.3) is 11.8 Å². The van der Waals surface area contributed by atoms with Crippen LogP contribution >= 0.6 is 11.8 Å². The number of thioether (sulfide) groups is 1. The number of carbonyl (C=O) groups excluding carboxylic acids is 3. The highest BCUT2D eigenvalue weighted by molar-refractivity contribution is 7.99. The number of hydrogen-bond donors (Lipinski definition) is 2. The Balaban J connectivity index is 1.69. The second-order valence-electron chi connectivity index (χ2n) is 6.38. The molecule has 0 unspecified atom stereocenters. The predicted molar refractivity (Wildman–Crippen MR) is 96.2 cm³/mol. The van der Waals surface area contributed by atoms with E-state index >= 15 is 0 Å². The Hall–Kier alpha value is -2.22. The smallest absolute Gasteiger partial charge is 0.344 e. The van der Waals surface area contributed by atoms with Gasteiger partial charge in [0.1, 0.15) is 5.54 Å². The van der Waals surface area contributed by atoms with Gasteiger partial charge in [0, 0.05) is 11.4 Å². The zero-order chi connectivity index (χ0) is 18.0. The maximum Gasteiger partial charge on any atom is 0.344 e. The highest BCUT2D eigenvalue weighted by Crippen LogP contribution is 2.33. The quantitative estimate of drug-likeness (QED) is 0.798. The molecule has 0 bridgehead atoms. The summed E-state index contributed by atoms with van der Waals surface area (Å²) in [6, 6.07) is 7.37. The molecule has 1 aromatic rings. The minimum atomic E-state index is -0.962. The first-order chi connectivity index (χ1) is 11.9. The topological polar surface area (TPSA) is 81.8 Å². The summed E-state index contributed by atoms with van der Waals surface area (Å²) < 4.78 is 0. The molecule has 0 aliphatic carbocycles. The number of nitrogens with zero attached hydrogens (tertiary/aromatic N) is 2. The van der Waals surface area contributed by atoms with E-state index < -0.39 is 17.5 Å². The summed E-state index contributed by atoms with van der Waals surface area (Å²) in [5, 5.41) is 3.42. The molecule has 3 rings (SSSR count). The molecule has 1 atom stereocenters. The van der Waals surface area contributed by atoms with E-state index in [9.17, 15) is 14.4 Å². The number of fused-ring (bicyclic) bond motifs is 1. The van der Waals surface area contributed by atoms with Crippen LogP contribution in [0.25, 0.3) is 0 Å². The zero-order valence-corrected chi connectivity index (χ0v) is 15.2. The van der Waals surface area contributed by atoms with Crippen LogP contribution < -0.4 is 15.6 Å². The number of amides is 4. The van der Waals surface area contributed by atoms with Gasteiger partial charge in [0.2, 0.25) is 0 Å². The third-order valence-corrected chi connectivity index (χ3v) is 5.72. The van der Waals surface area contributed by atoms with Gasteiger partial charge in [-0.1, -0.05) is 19.1 Å². The van der Waals surface area contributed by atoms with Crippen molar-refractivity contribution in [2.24, 2.45) is 0 Å². The number of carbonyl (C=O) groups is 3.